The molecule has 0 radical (unpaired) electrons. The summed E-state index contributed by atoms with van der Waals surface area (Å²) in [5.74, 6) is -0.416. The average Bonchev–Trinajstić information content (AvgIpc) is 2.79. The SMILES string of the molecule is CN(C)CC1=C(c2cccc(O)c2)CC(c2ccc(O)c(F)c2)CCC1. The maximum atomic E-state index is 13.9. The molecule has 3 nitrogen and oxygen atoms in total. The summed E-state index contributed by atoms with van der Waals surface area (Å²) >= 11 is 0. The zero-order chi connectivity index (χ0) is 18.7. The van der Waals surface area contributed by atoms with Crippen LogP contribution in [0.15, 0.2) is 48.0 Å². The van der Waals surface area contributed by atoms with E-state index in [9.17, 15) is 14.6 Å². The average molecular weight is 355 g/mol. The second kappa shape index (κ2) is 7.92. The number of hydrogen-bond acceptors (Lipinski definition) is 3. The molecule has 2 N–H and O–H groups in total. The third-order valence-electron chi connectivity index (χ3n) is 5.05. The molecular weight excluding hydrogens is 329 g/mol. The van der Waals surface area contributed by atoms with Crippen molar-refractivity contribution in [3.63, 3.8) is 0 Å². The maximum absolute atomic E-state index is 13.9. The molecule has 1 aliphatic carbocycles. The van der Waals surface area contributed by atoms with Gasteiger partial charge in [0.1, 0.15) is 5.75 Å². The summed E-state index contributed by atoms with van der Waals surface area (Å²) in [6.07, 6.45) is 3.82. The number of phenols is 2. The van der Waals surface area contributed by atoms with E-state index in [-0.39, 0.29) is 17.4 Å². The summed E-state index contributed by atoms with van der Waals surface area (Å²) in [5, 5.41) is 19.4. The van der Waals surface area contributed by atoms with Crippen molar-refractivity contribution in [2.45, 2.75) is 31.6 Å². The number of nitrogens with zero attached hydrogens (tertiary/aromatic N) is 1. The van der Waals surface area contributed by atoms with E-state index in [4.69, 9.17) is 0 Å². The number of aromatic hydroxyl groups is 2. The lowest BCUT2D eigenvalue weighted by Gasteiger charge is -2.20. The second-order valence-corrected chi connectivity index (χ2v) is 7.37. The van der Waals surface area contributed by atoms with Crippen LogP contribution in [0.25, 0.3) is 5.57 Å². The van der Waals surface area contributed by atoms with Gasteiger partial charge in [0.05, 0.1) is 0 Å². The molecule has 3 rings (SSSR count). The Morgan fingerprint density at radius 3 is 2.62 bits per heavy atom. The minimum Gasteiger partial charge on any atom is -0.508 e. The van der Waals surface area contributed by atoms with Crippen molar-refractivity contribution in [3.05, 3.63) is 65.0 Å². The summed E-state index contributed by atoms with van der Waals surface area (Å²) in [6, 6.07) is 12.1. The Kier molecular flexibility index (Phi) is 5.62. The van der Waals surface area contributed by atoms with Crippen molar-refractivity contribution < 1.29 is 14.6 Å². The molecule has 4 heteroatoms. The summed E-state index contributed by atoms with van der Waals surface area (Å²) < 4.78 is 13.9. The number of rotatable bonds is 4. The Hall–Kier alpha value is -2.33. The molecule has 1 aliphatic rings. The van der Waals surface area contributed by atoms with Gasteiger partial charge >= 0.3 is 0 Å². The van der Waals surface area contributed by atoms with Gasteiger partial charge in [-0.05, 0) is 86.7 Å². The Labute approximate surface area is 154 Å². The fourth-order valence-corrected chi connectivity index (χ4v) is 3.84. The molecule has 2 aromatic carbocycles. The van der Waals surface area contributed by atoms with Crippen LogP contribution in [0.1, 0.15) is 42.7 Å². The van der Waals surface area contributed by atoms with Crippen LogP contribution in [-0.2, 0) is 0 Å². The van der Waals surface area contributed by atoms with Crippen LogP contribution in [-0.4, -0.2) is 35.8 Å². The normalized spacial score (nSPS) is 18.2. The smallest absolute Gasteiger partial charge is 0.165 e. The molecule has 0 amide bonds. The third-order valence-corrected chi connectivity index (χ3v) is 5.05. The van der Waals surface area contributed by atoms with Crippen LogP contribution in [0.2, 0.25) is 0 Å². The lowest BCUT2D eigenvalue weighted by Crippen LogP contribution is -2.16. The molecule has 0 aromatic heterocycles. The summed E-state index contributed by atoms with van der Waals surface area (Å²) in [7, 11) is 4.12. The Morgan fingerprint density at radius 2 is 1.92 bits per heavy atom. The molecule has 0 heterocycles. The highest BCUT2D eigenvalue weighted by atomic mass is 19.1. The first-order valence-electron chi connectivity index (χ1n) is 9.07. The maximum Gasteiger partial charge on any atom is 0.165 e. The predicted octanol–water partition coefficient (Wildman–Crippen LogP) is 4.91. The molecule has 0 bridgehead atoms. The number of hydrogen-bond donors (Lipinski definition) is 2. The van der Waals surface area contributed by atoms with Gasteiger partial charge in [-0.25, -0.2) is 4.39 Å². The van der Waals surface area contributed by atoms with Crippen LogP contribution < -0.4 is 0 Å². The number of benzene rings is 2. The van der Waals surface area contributed by atoms with Crippen LogP contribution in [0.3, 0.4) is 0 Å². The number of allylic oxidation sites excluding steroid dienone is 1. The molecule has 0 saturated carbocycles. The molecule has 138 valence electrons. The van der Waals surface area contributed by atoms with E-state index >= 15 is 0 Å². The van der Waals surface area contributed by atoms with Crippen molar-refractivity contribution in [2.75, 3.05) is 20.6 Å². The van der Waals surface area contributed by atoms with E-state index in [0.29, 0.717) is 0 Å². The van der Waals surface area contributed by atoms with E-state index in [2.05, 4.69) is 19.0 Å². The van der Waals surface area contributed by atoms with E-state index in [0.717, 1.165) is 43.4 Å². The van der Waals surface area contributed by atoms with Gasteiger partial charge in [0.2, 0.25) is 0 Å². The van der Waals surface area contributed by atoms with Gasteiger partial charge < -0.3 is 15.1 Å². The van der Waals surface area contributed by atoms with E-state index in [1.807, 2.05) is 24.3 Å². The second-order valence-electron chi connectivity index (χ2n) is 7.37. The standard InChI is InChI=1S/C22H26FNO2/c1-24(2)14-18-7-3-5-15(16-9-10-22(26)21(23)13-16)12-20(18)17-6-4-8-19(25)11-17/h4,6,8-11,13,15,25-26H,3,5,7,12,14H2,1-2H3. The molecule has 1 unspecified atom stereocenters. The number of likely N-dealkylation sites (N-methyl/N-ethyl adjacent to an activating group) is 1. The van der Waals surface area contributed by atoms with E-state index in [1.54, 1.807) is 6.07 Å². The summed E-state index contributed by atoms with van der Waals surface area (Å²) in [5.41, 5.74) is 4.57. The molecule has 0 fully saturated rings. The first-order valence-corrected chi connectivity index (χ1v) is 9.07. The zero-order valence-electron chi connectivity index (χ0n) is 15.4. The van der Waals surface area contributed by atoms with Crippen LogP contribution in [0, 0.1) is 5.82 Å². The van der Waals surface area contributed by atoms with Gasteiger partial charge in [0.25, 0.3) is 0 Å². The van der Waals surface area contributed by atoms with E-state index < -0.39 is 5.82 Å². The lowest BCUT2D eigenvalue weighted by atomic mass is 9.87. The molecule has 0 aliphatic heterocycles. The van der Waals surface area contributed by atoms with Crippen molar-refractivity contribution in [1.29, 1.82) is 0 Å². The van der Waals surface area contributed by atoms with Crippen molar-refractivity contribution >= 4 is 5.57 Å². The highest BCUT2D eigenvalue weighted by molar-refractivity contribution is 5.71. The number of phenolic OH excluding ortho intramolecular Hbond substituents is 2. The Bertz CT molecular complexity index is 814. The lowest BCUT2D eigenvalue weighted by molar-refractivity contribution is 0.431. The van der Waals surface area contributed by atoms with Gasteiger partial charge in [0, 0.05) is 6.54 Å². The third kappa shape index (κ3) is 4.25. The summed E-state index contributed by atoms with van der Waals surface area (Å²) in [4.78, 5) is 2.17. The van der Waals surface area contributed by atoms with E-state index in [1.165, 1.54) is 23.3 Å². The first-order chi connectivity index (χ1) is 12.4. The fraction of sp³-hybridized carbons (Fsp3) is 0.364. The van der Waals surface area contributed by atoms with Crippen molar-refractivity contribution in [1.82, 2.24) is 4.90 Å². The molecule has 0 spiro atoms. The largest absolute Gasteiger partial charge is 0.508 e. The van der Waals surface area contributed by atoms with Crippen molar-refractivity contribution in [3.8, 4) is 11.5 Å². The topological polar surface area (TPSA) is 43.7 Å². The van der Waals surface area contributed by atoms with Crippen molar-refractivity contribution in [2.24, 2.45) is 0 Å². The summed E-state index contributed by atoms with van der Waals surface area (Å²) in [6.45, 7) is 0.877. The Balaban J connectivity index is 2.00. The quantitative estimate of drug-likeness (QED) is 0.819. The van der Waals surface area contributed by atoms with Gasteiger partial charge in [0.15, 0.2) is 11.6 Å². The molecular formula is C22H26FNO2. The van der Waals surface area contributed by atoms with Gasteiger partial charge in [-0.1, -0.05) is 23.8 Å². The minimum absolute atomic E-state index is 0.196. The molecule has 2 aromatic rings. The predicted molar refractivity (Wildman–Crippen MR) is 103 cm³/mol. The highest BCUT2D eigenvalue weighted by Crippen LogP contribution is 2.40. The van der Waals surface area contributed by atoms with Crippen LogP contribution in [0.4, 0.5) is 4.39 Å². The monoisotopic (exact) mass is 355 g/mol. The van der Waals surface area contributed by atoms with Gasteiger partial charge in [-0.15, -0.1) is 0 Å². The van der Waals surface area contributed by atoms with Gasteiger partial charge in [-0.3, -0.25) is 0 Å². The number of halogens is 1. The fourth-order valence-electron chi connectivity index (χ4n) is 3.84. The zero-order valence-corrected chi connectivity index (χ0v) is 15.4. The van der Waals surface area contributed by atoms with Gasteiger partial charge in [-0.2, -0.15) is 0 Å². The minimum atomic E-state index is -0.567. The molecule has 26 heavy (non-hydrogen) atoms. The van der Waals surface area contributed by atoms with Crippen LogP contribution >= 0.6 is 0 Å². The molecule has 1 atom stereocenters. The first kappa shape index (κ1) is 18.5. The molecule has 0 saturated heterocycles. The Morgan fingerprint density at radius 1 is 1.12 bits per heavy atom. The highest BCUT2D eigenvalue weighted by Gasteiger charge is 2.22. The van der Waals surface area contributed by atoms with Crippen LogP contribution in [0.5, 0.6) is 11.5 Å².